The number of alkyl halides is 3. The molecule has 0 saturated carbocycles. The molecule has 0 spiro atoms. The molecule has 0 aromatic heterocycles. The first kappa shape index (κ1) is 18.9. The van der Waals surface area contributed by atoms with Gasteiger partial charge in [-0.05, 0) is 38.5 Å². The number of nitrogens with one attached hydrogen (secondary N) is 1. The van der Waals surface area contributed by atoms with Gasteiger partial charge in [0.2, 0.25) is 0 Å². The van der Waals surface area contributed by atoms with Gasteiger partial charge >= 0.3 is 6.36 Å². The number of methoxy groups -OCH3 is 1. The van der Waals surface area contributed by atoms with Gasteiger partial charge in [0.15, 0.2) is 0 Å². The third-order valence-electron chi connectivity index (χ3n) is 2.70. The van der Waals surface area contributed by atoms with Crippen LogP contribution in [-0.4, -0.2) is 29.0 Å². The number of rotatable bonds is 6. The largest absolute Gasteiger partial charge is 0.573 e. The van der Waals surface area contributed by atoms with Gasteiger partial charge in [0.1, 0.15) is 5.75 Å². The molecule has 0 fully saturated rings. The Morgan fingerprint density at radius 3 is 2.41 bits per heavy atom. The minimum Gasteiger partial charge on any atom is -0.406 e. The fraction of sp³-hybridized carbons (Fsp3) is 0.571. The summed E-state index contributed by atoms with van der Waals surface area (Å²) in [6.07, 6.45) is -5.28. The van der Waals surface area contributed by atoms with Crippen LogP contribution in [0.2, 0.25) is 0 Å². The topological polar surface area (TPSA) is 47.6 Å². The highest BCUT2D eigenvalue weighted by Crippen LogP contribution is 2.26. The first-order chi connectivity index (χ1) is 10.0. The van der Waals surface area contributed by atoms with Gasteiger partial charge in [-0.2, -0.15) is 0 Å². The molecule has 0 amide bonds. The first-order valence-corrected chi connectivity index (χ1v) is 7.72. The molecular formula is C14H20F3NO3S. The van der Waals surface area contributed by atoms with Gasteiger partial charge in [-0.25, -0.2) is 8.93 Å². The van der Waals surface area contributed by atoms with Crippen LogP contribution in [0, 0.1) is 0 Å². The smallest absolute Gasteiger partial charge is 0.406 e. The summed E-state index contributed by atoms with van der Waals surface area (Å²) >= 11 is 0. The van der Waals surface area contributed by atoms with Crippen molar-refractivity contribution in [3.05, 3.63) is 29.8 Å². The van der Waals surface area contributed by atoms with E-state index < -0.39 is 28.2 Å². The molecule has 0 aliphatic heterocycles. The maximum absolute atomic E-state index is 12.2. The highest BCUT2D eigenvalue weighted by atomic mass is 32.2. The van der Waals surface area contributed by atoms with Gasteiger partial charge in [-0.15, -0.1) is 13.2 Å². The summed E-state index contributed by atoms with van der Waals surface area (Å²) in [5.41, 5.74) is 0.502. The van der Waals surface area contributed by atoms with E-state index in [-0.39, 0.29) is 12.3 Å². The van der Waals surface area contributed by atoms with E-state index in [0.717, 1.165) is 0 Å². The van der Waals surface area contributed by atoms with Gasteiger partial charge < -0.3 is 9.47 Å². The van der Waals surface area contributed by atoms with Crippen LogP contribution in [0.5, 0.6) is 5.75 Å². The Hall–Kier alpha value is -1.12. The van der Waals surface area contributed by atoms with Crippen molar-refractivity contribution in [2.45, 2.75) is 38.0 Å². The quantitative estimate of drug-likeness (QED) is 0.865. The monoisotopic (exact) mass is 339 g/mol. The predicted octanol–water partition coefficient (Wildman–Crippen LogP) is 3.32. The minimum absolute atomic E-state index is 0.204. The number of hydrogen-bond acceptors (Lipinski definition) is 3. The molecule has 0 aliphatic rings. The number of halogens is 3. The van der Waals surface area contributed by atoms with Crippen molar-refractivity contribution in [2.24, 2.45) is 0 Å². The summed E-state index contributed by atoms with van der Waals surface area (Å²) in [6.45, 7) is 5.65. The summed E-state index contributed by atoms with van der Waals surface area (Å²) in [5.74, 6) is -0.316. The highest BCUT2D eigenvalue weighted by molar-refractivity contribution is 7.84. The Bertz CT molecular complexity index is 515. The molecule has 0 bridgehead atoms. The molecule has 22 heavy (non-hydrogen) atoms. The third kappa shape index (κ3) is 6.33. The molecule has 1 N–H and O–H groups in total. The van der Waals surface area contributed by atoms with Crippen molar-refractivity contribution >= 4 is 11.0 Å². The van der Waals surface area contributed by atoms with Gasteiger partial charge in [-0.1, -0.05) is 12.1 Å². The average Bonchev–Trinajstić information content (AvgIpc) is 2.36. The molecule has 1 aromatic rings. The molecule has 0 heterocycles. The number of benzene rings is 1. The van der Waals surface area contributed by atoms with Crippen molar-refractivity contribution in [3.8, 4) is 5.75 Å². The van der Waals surface area contributed by atoms with Crippen molar-refractivity contribution in [3.63, 3.8) is 0 Å². The van der Waals surface area contributed by atoms with E-state index in [0.29, 0.717) is 5.56 Å². The van der Waals surface area contributed by atoms with Gasteiger partial charge in [0.05, 0.1) is 21.8 Å². The van der Waals surface area contributed by atoms with Crippen LogP contribution in [-0.2, 0) is 15.7 Å². The Morgan fingerprint density at radius 1 is 1.27 bits per heavy atom. The fourth-order valence-corrected chi connectivity index (χ4v) is 2.35. The van der Waals surface area contributed by atoms with Crippen LogP contribution in [0.1, 0.15) is 32.4 Å². The van der Waals surface area contributed by atoms with Crippen LogP contribution in [0.25, 0.3) is 0 Å². The Balaban J connectivity index is 2.79. The second kappa shape index (κ2) is 7.43. The van der Waals surface area contributed by atoms with E-state index in [9.17, 15) is 17.4 Å². The Morgan fingerprint density at radius 2 is 1.91 bits per heavy atom. The molecule has 0 radical (unpaired) electrons. The van der Waals surface area contributed by atoms with Crippen LogP contribution >= 0.6 is 0 Å². The Kier molecular flexibility index (Phi) is 6.39. The SMILES string of the molecule is CO[C@@H](CNS(=O)C(C)(C)C)c1cccc(OC(F)(F)F)c1. The van der Waals surface area contributed by atoms with Crippen molar-refractivity contribution in [1.29, 1.82) is 0 Å². The Labute approximate surface area is 130 Å². The van der Waals surface area contributed by atoms with Crippen LogP contribution in [0.3, 0.4) is 0 Å². The normalized spacial score (nSPS) is 15.4. The molecule has 126 valence electrons. The zero-order chi connectivity index (χ0) is 17.0. The lowest BCUT2D eigenvalue weighted by Crippen LogP contribution is -2.35. The zero-order valence-corrected chi connectivity index (χ0v) is 13.7. The van der Waals surface area contributed by atoms with Crippen molar-refractivity contribution in [1.82, 2.24) is 4.72 Å². The van der Waals surface area contributed by atoms with Crippen molar-refractivity contribution in [2.75, 3.05) is 13.7 Å². The second-order valence-corrected chi connectivity index (χ2v) is 7.63. The minimum atomic E-state index is -4.74. The lowest BCUT2D eigenvalue weighted by atomic mass is 10.1. The highest BCUT2D eigenvalue weighted by Gasteiger charge is 2.31. The molecule has 1 unspecified atom stereocenters. The zero-order valence-electron chi connectivity index (χ0n) is 12.9. The second-order valence-electron chi connectivity index (χ2n) is 5.57. The lowest BCUT2D eigenvalue weighted by Gasteiger charge is -2.22. The molecule has 0 aliphatic carbocycles. The summed E-state index contributed by atoms with van der Waals surface area (Å²) in [7, 11) is 0.138. The summed E-state index contributed by atoms with van der Waals surface area (Å²) in [6, 6.07) is 5.54. The van der Waals surface area contributed by atoms with E-state index >= 15 is 0 Å². The van der Waals surface area contributed by atoms with Gasteiger partial charge in [0.25, 0.3) is 0 Å². The third-order valence-corrected chi connectivity index (χ3v) is 4.25. The van der Waals surface area contributed by atoms with Crippen molar-refractivity contribution < 1.29 is 26.9 Å². The molecule has 8 heteroatoms. The predicted molar refractivity (Wildman–Crippen MR) is 78.8 cm³/mol. The van der Waals surface area contributed by atoms with E-state index in [1.807, 2.05) is 20.8 Å². The fourth-order valence-electron chi connectivity index (χ4n) is 1.62. The molecular weight excluding hydrogens is 319 g/mol. The maximum Gasteiger partial charge on any atom is 0.573 e. The van der Waals surface area contributed by atoms with E-state index in [2.05, 4.69) is 9.46 Å². The molecule has 0 saturated heterocycles. The summed E-state index contributed by atoms with van der Waals surface area (Å²) < 4.78 is 60.2. The first-order valence-electron chi connectivity index (χ1n) is 6.57. The van der Waals surface area contributed by atoms with Gasteiger partial charge in [0, 0.05) is 13.7 Å². The molecule has 1 aromatic carbocycles. The van der Waals surface area contributed by atoms with E-state index in [1.54, 1.807) is 6.07 Å². The number of hydrogen-bond donors (Lipinski definition) is 1. The van der Waals surface area contributed by atoms with Gasteiger partial charge in [-0.3, -0.25) is 0 Å². The standard InChI is InChI=1S/C14H20F3NO3S/c1-13(2,3)22(19)18-9-12(20-4)10-6-5-7-11(8-10)21-14(15,16)17/h5-8,12,18H,9H2,1-4H3/t12-,22?/m0/s1. The van der Waals surface area contributed by atoms with Crippen LogP contribution in [0.15, 0.2) is 24.3 Å². The summed E-state index contributed by atoms with van der Waals surface area (Å²) in [4.78, 5) is 0. The van der Waals surface area contributed by atoms with Crippen LogP contribution < -0.4 is 9.46 Å². The maximum atomic E-state index is 12.2. The van der Waals surface area contributed by atoms with E-state index in [1.165, 1.54) is 25.3 Å². The molecule has 4 nitrogen and oxygen atoms in total. The van der Waals surface area contributed by atoms with Crippen LogP contribution in [0.4, 0.5) is 13.2 Å². The summed E-state index contributed by atoms with van der Waals surface area (Å²) in [5, 5.41) is 0. The molecule has 1 rings (SSSR count). The lowest BCUT2D eigenvalue weighted by molar-refractivity contribution is -0.274. The molecule has 2 atom stereocenters. The average molecular weight is 339 g/mol. The number of ether oxygens (including phenoxy) is 2. The van der Waals surface area contributed by atoms with E-state index in [4.69, 9.17) is 4.74 Å².